The van der Waals surface area contributed by atoms with Gasteiger partial charge in [-0.25, -0.2) is 0 Å². The highest BCUT2D eigenvalue weighted by molar-refractivity contribution is 5.76. The van der Waals surface area contributed by atoms with E-state index in [1.165, 1.54) is 116 Å². The van der Waals surface area contributed by atoms with Crippen LogP contribution >= 0.6 is 0 Å². The topological polar surface area (TPSA) is 175 Å². The van der Waals surface area contributed by atoms with E-state index >= 15 is 0 Å². The first kappa shape index (κ1) is 62.6. The second-order valence-corrected chi connectivity index (χ2v) is 18.9. The summed E-state index contributed by atoms with van der Waals surface area (Å²) < 4.78 is 16.6. The summed E-state index contributed by atoms with van der Waals surface area (Å²) in [5, 5.41) is 54.0. The van der Waals surface area contributed by atoms with Gasteiger partial charge in [-0.15, -0.1) is 0 Å². The van der Waals surface area contributed by atoms with Crippen LogP contribution in [0.1, 0.15) is 232 Å². The van der Waals surface area contributed by atoms with Gasteiger partial charge in [0.25, 0.3) is 0 Å². The van der Waals surface area contributed by atoms with Crippen LogP contribution in [-0.4, -0.2) is 100 Å². The number of amides is 1. The Morgan fingerprint density at radius 2 is 0.970 bits per heavy atom. The molecule has 0 aromatic rings. The summed E-state index contributed by atoms with van der Waals surface area (Å²) in [6.07, 6.45) is 46.4. The normalized spacial score (nSPS) is 19.9. The van der Waals surface area contributed by atoms with E-state index in [2.05, 4.69) is 55.6 Å². The first-order valence-corrected chi connectivity index (χ1v) is 27.4. The number of allylic oxidation sites excluding steroid dienone is 7. The minimum absolute atomic E-state index is 0.0601. The van der Waals surface area contributed by atoms with Crippen LogP contribution in [0.25, 0.3) is 0 Å². The molecule has 11 heteroatoms. The Balaban J connectivity index is 2.11. The molecule has 1 saturated heterocycles. The molecule has 0 aromatic heterocycles. The van der Waals surface area contributed by atoms with Crippen molar-refractivity contribution in [1.82, 2.24) is 5.32 Å². The van der Waals surface area contributed by atoms with Crippen LogP contribution in [0.2, 0.25) is 0 Å². The van der Waals surface area contributed by atoms with Crippen LogP contribution in [0, 0.1) is 0 Å². The number of nitrogens with one attached hydrogen (secondary N) is 1. The van der Waals surface area contributed by atoms with E-state index in [1.807, 2.05) is 6.08 Å². The lowest BCUT2D eigenvalue weighted by molar-refractivity contribution is -0.302. The summed E-state index contributed by atoms with van der Waals surface area (Å²) in [5.41, 5.74) is 0. The van der Waals surface area contributed by atoms with Crippen molar-refractivity contribution in [3.63, 3.8) is 0 Å². The van der Waals surface area contributed by atoms with E-state index in [0.29, 0.717) is 25.9 Å². The van der Waals surface area contributed by atoms with E-state index in [9.17, 15) is 35.1 Å². The molecule has 11 nitrogen and oxygen atoms in total. The van der Waals surface area contributed by atoms with Crippen molar-refractivity contribution in [3.8, 4) is 0 Å². The van der Waals surface area contributed by atoms with Gasteiger partial charge in [-0.3, -0.25) is 9.59 Å². The monoisotopic (exact) mass is 948 g/mol. The fraction of sp³-hybridized carbons (Fsp3) is 0.821. The molecule has 390 valence electrons. The molecule has 0 spiro atoms. The van der Waals surface area contributed by atoms with Gasteiger partial charge in [0.15, 0.2) is 6.29 Å². The average molecular weight is 948 g/mol. The number of esters is 1. The maximum absolute atomic E-state index is 12.9. The van der Waals surface area contributed by atoms with Crippen LogP contribution in [0.15, 0.2) is 48.6 Å². The minimum atomic E-state index is -1.59. The molecule has 1 fully saturated rings. The van der Waals surface area contributed by atoms with E-state index in [4.69, 9.17) is 14.2 Å². The highest BCUT2D eigenvalue weighted by Crippen LogP contribution is 2.23. The summed E-state index contributed by atoms with van der Waals surface area (Å²) in [7, 11) is 0. The molecule has 1 aliphatic rings. The number of carbonyl (C=O) groups excluding carboxylic acids is 2. The third-order valence-corrected chi connectivity index (χ3v) is 12.6. The number of carbonyl (C=O) groups is 2. The van der Waals surface area contributed by atoms with Crippen molar-refractivity contribution >= 4 is 11.9 Å². The van der Waals surface area contributed by atoms with Gasteiger partial charge in [0.2, 0.25) is 5.91 Å². The van der Waals surface area contributed by atoms with Gasteiger partial charge >= 0.3 is 5.97 Å². The first-order valence-electron chi connectivity index (χ1n) is 27.4. The molecule has 6 N–H and O–H groups in total. The predicted octanol–water partition coefficient (Wildman–Crippen LogP) is 11.7. The zero-order valence-electron chi connectivity index (χ0n) is 42.6. The second kappa shape index (κ2) is 46.0. The summed E-state index contributed by atoms with van der Waals surface area (Å²) in [6, 6.07) is -0.848. The summed E-state index contributed by atoms with van der Waals surface area (Å²) in [5.74, 6) is -0.285. The van der Waals surface area contributed by atoms with E-state index in [-0.39, 0.29) is 18.5 Å². The van der Waals surface area contributed by atoms with E-state index in [1.54, 1.807) is 6.08 Å². The Morgan fingerprint density at radius 3 is 1.51 bits per heavy atom. The Hall–Kier alpha value is -2.38. The maximum atomic E-state index is 12.9. The van der Waals surface area contributed by atoms with Crippen molar-refractivity contribution in [1.29, 1.82) is 0 Å². The SMILES string of the molecule is CCCCC/C=C/CC/C=C/C(O)C(COC1OC(CO)C(O)C(O)C1O)NC(=O)CCCCCCC/C=C\CCCCOC(=O)CCCCCCCCCCC/C=C\CCCCCCCC. The fourth-order valence-corrected chi connectivity index (χ4v) is 8.20. The first-order chi connectivity index (χ1) is 32.7. The lowest BCUT2D eigenvalue weighted by Gasteiger charge is -2.40. The summed E-state index contributed by atoms with van der Waals surface area (Å²) >= 11 is 0. The Morgan fingerprint density at radius 1 is 0.537 bits per heavy atom. The number of hydrogen-bond donors (Lipinski definition) is 6. The molecule has 1 rings (SSSR count). The summed E-state index contributed by atoms with van der Waals surface area (Å²) in [4.78, 5) is 25.1. The molecule has 0 saturated carbocycles. The Bertz CT molecular complexity index is 1250. The second-order valence-electron chi connectivity index (χ2n) is 18.9. The highest BCUT2D eigenvalue weighted by Gasteiger charge is 2.44. The van der Waals surface area contributed by atoms with Crippen LogP contribution in [0.5, 0.6) is 0 Å². The molecule has 1 amide bonds. The zero-order valence-corrected chi connectivity index (χ0v) is 42.6. The molecule has 7 unspecified atom stereocenters. The number of ether oxygens (including phenoxy) is 3. The molecule has 1 aliphatic heterocycles. The molecule has 0 bridgehead atoms. The van der Waals surface area contributed by atoms with E-state index < -0.39 is 49.5 Å². The maximum Gasteiger partial charge on any atom is 0.305 e. The van der Waals surface area contributed by atoms with Crippen molar-refractivity contribution in [3.05, 3.63) is 48.6 Å². The largest absolute Gasteiger partial charge is 0.466 e. The van der Waals surface area contributed by atoms with E-state index in [0.717, 1.165) is 83.5 Å². The molecule has 0 aromatic carbocycles. The molecule has 1 heterocycles. The molecular formula is C56H101NO10. The van der Waals surface area contributed by atoms with Gasteiger partial charge in [0.1, 0.15) is 24.4 Å². The smallest absolute Gasteiger partial charge is 0.305 e. The van der Waals surface area contributed by atoms with Gasteiger partial charge in [-0.2, -0.15) is 0 Å². The van der Waals surface area contributed by atoms with Crippen molar-refractivity contribution in [2.24, 2.45) is 0 Å². The molecule has 0 radical (unpaired) electrons. The van der Waals surface area contributed by atoms with Crippen LogP contribution < -0.4 is 5.32 Å². The number of aliphatic hydroxyl groups excluding tert-OH is 5. The average Bonchev–Trinajstić information content (AvgIpc) is 3.32. The van der Waals surface area contributed by atoms with Crippen molar-refractivity contribution in [2.45, 2.75) is 275 Å². The minimum Gasteiger partial charge on any atom is -0.466 e. The lowest BCUT2D eigenvalue weighted by atomic mass is 9.99. The standard InChI is InChI=1S/C56H101NO10/c1-3-5-7-9-11-13-14-15-16-17-18-19-20-21-24-28-32-36-40-44-52(61)65-45-41-37-33-29-25-22-23-27-31-35-39-43-51(60)57-48(49(59)42-38-34-30-26-12-10-8-6-4-2)47-66-56-55(64)54(63)53(62)50(46-58)67-56/h12,15-16,25-26,29,38,42,48-50,53-56,58-59,62-64H,3-11,13-14,17-24,27-28,30-37,39-41,43-47H2,1-2H3,(H,57,60)/b16-15-,26-12+,29-25-,42-38+. The third-order valence-electron chi connectivity index (χ3n) is 12.6. The van der Waals surface area contributed by atoms with Gasteiger partial charge in [-0.1, -0.05) is 172 Å². The quantitative estimate of drug-likeness (QED) is 0.0196. The number of hydrogen-bond acceptors (Lipinski definition) is 10. The van der Waals surface area contributed by atoms with Gasteiger partial charge in [-0.05, 0) is 96.3 Å². The predicted molar refractivity (Wildman–Crippen MR) is 274 cm³/mol. The van der Waals surface area contributed by atoms with Crippen molar-refractivity contribution < 1.29 is 49.3 Å². The molecular weight excluding hydrogens is 847 g/mol. The lowest BCUT2D eigenvalue weighted by Crippen LogP contribution is -2.60. The van der Waals surface area contributed by atoms with Crippen LogP contribution in [0.3, 0.4) is 0 Å². The number of aliphatic hydroxyl groups is 5. The summed E-state index contributed by atoms with van der Waals surface area (Å²) in [6.45, 7) is 4.15. The third kappa shape index (κ3) is 36.3. The molecule has 0 aliphatic carbocycles. The Labute approximate surface area is 408 Å². The molecule has 67 heavy (non-hydrogen) atoms. The highest BCUT2D eigenvalue weighted by atomic mass is 16.7. The van der Waals surface area contributed by atoms with Crippen LogP contribution in [0.4, 0.5) is 0 Å². The van der Waals surface area contributed by atoms with Gasteiger partial charge in [0.05, 0.1) is 32.0 Å². The fourth-order valence-electron chi connectivity index (χ4n) is 8.20. The Kier molecular flexibility index (Phi) is 43.0. The van der Waals surface area contributed by atoms with Gasteiger partial charge < -0.3 is 45.1 Å². The van der Waals surface area contributed by atoms with Crippen LogP contribution in [-0.2, 0) is 23.8 Å². The molecule has 7 atom stereocenters. The zero-order chi connectivity index (χ0) is 48.8. The number of rotatable bonds is 46. The van der Waals surface area contributed by atoms with Crippen molar-refractivity contribution in [2.75, 3.05) is 19.8 Å². The van der Waals surface area contributed by atoms with Gasteiger partial charge in [0, 0.05) is 12.8 Å². The number of unbranched alkanes of at least 4 members (excludes halogenated alkanes) is 26.